The van der Waals surface area contributed by atoms with Crippen molar-refractivity contribution in [2.45, 2.75) is 6.61 Å². The first-order chi connectivity index (χ1) is 9.04. The van der Waals surface area contributed by atoms with Gasteiger partial charge < -0.3 is 9.84 Å². The SMILES string of the molecule is O=C(O)c1cccc(COc2cc(F)cc(Br)c2)n1. The molecule has 1 aromatic carbocycles. The predicted octanol–water partition coefficient (Wildman–Crippen LogP) is 3.26. The maximum absolute atomic E-state index is 13.1. The quantitative estimate of drug-likeness (QED) is 0.937. The molecule has 2 aromatic rings. The number of carbonyl (C=O) groups is 1. The van der Waals surface area contributed by atoms with Crippen LogP contribution in [0.4, 0.5) is 4.39 Å². The molecule has 0 radical (unpaired) electrons. The molecule has 98 valence electrons. The van der Waals surface area contributed by atoms with Gasteiger partial charge in [-0.05, 0) is 24.3 Å². The highest BCUT2D eigenvalue weighted by molar-refractivity contribution is 9.10. The van der Waals surface area contributed by atoms with Crippen LogP contribution in [0.5, 0.6) is 5.75 Å². The van der Waals surface area contributed by atoms with Gasteiger partial charge in [0.05, 0.1) is 5.69 Å². The highest BCUT2D eigenvalue weighted by atomic mass is 79.9. The van der Waals surface area contributed by atoms with Crippen molar-refractivity contribution < 1.29 is 19.0 Å². The smallest absolute Gasteiger partial charge is 0.354 e. The average Bonchev–Trinajstić information content (AvgIpc) is 2.35. The number of nitrogens with zero attached hydrogens (tertiary/aromatic N) is 1. The molecule has 0 bridgehead atoms. The maximum atomic E-state index is 13.1. The van der Waals surface area contributed by atoms with E-state index in [1.807, 2.05) is 0 Å². The first-order valence-corrected chi connectivity index (χ1v) is 6.12. The molecule has 0 saturated carbocycles. The zero-order chi connectivity index (χ0) is 13.8. The number of hydrogen-bond acceptors (Lipinski definition) is 3. The van der Waals surface area contributed by atoms with Crippen molar-refractivity contribution in [2.75, 3.05) is 0 Å². The van der Waals surface area contributed by atoms with E-state index in [1.165, 1.54) is 18.2 Å². The van der Waals surface area contributed by atoms with E-state index in [9.17, 15) is 9.18 Å². The zero-order valence-electron chi connectivity index (χ0n) is 9.64. The van der Waals surface area contributed by atoms with Crippen LogP contribution >= 0.6 is 15.9 Å². The summed E-state index contributed by atoms with van der Waals surface area (Å²) in [5.41, 5.74) is 0.404. The van der Waals surface area contributed by atoms with Crippen LogP contribution in [0.15, 0.2) is 40.9 Å². The number of pyridine rings is 1. The van der Waals surface area contributed by atoms with Crippen LogP contribution in [0.25, 0.3) is 0 Å². The van der Waals surface area contributed by atoms with Gasteiger partial charge in [0.1, 0.15) is 23.9 Å². The van der Waals surface area contributed by atoms with Crippen LogP contribution in [-0.2, 0) is 6.61 Å². The minimum Gasteiger partial charge on any atom is -0.487 e. The molecule has 0 spiro atoms. The van der Waals surface area contributed by atoms with Gasteiger partial charge in [0, 0.05) is 10.5 Å². The Morgan fingerprint density at radius 1 is 1.37 bits per heavy atom. The summed E-state index contributed by atoms with van der Waals surface area (Å²) in [4.78, 5) is 14.7. The van der Waals surface area contributed by atoms with Crippen LogP contribution in [0.1, 0.15) is 16.2 Å². The molecule has 0 amide bonds. The topological polar surface area (TPSA) is 59.4 Å². The van der Waals surface area contributed by atoms with Crippen molar-refractivity contribution in [1.29, 1.82) is 0 Å². The molecule has 1 aromatic heterocycles. The first kappa shape index (κ1) is 13.5. The Morgan fingerprint density at radius 2 is 2.16 bits per heavy atom. The Labute approximate surface area is 117 Å². The Bertz CT molecular complexity index is 598. The summed E-state index contributed by atoms with van der Waals surface area (Å²) >= 11 is 3.16. The second-order valence-corrected chi connectivity index (χ2v) is 4.63. The number of benzene rings is 1. The van der Waals surface area contributed by atoms with Crippen molar-refractivity contribution in [1.82, 2.24) is 4.98 Å². The van der Waals surface area contributed by atoms with Gasteiger partial charge in [-0.3, -0.25) is 0 Å². The van der Waals surface area contributed by atoms with Crippen molar-refractivity contribution in [3.8, 4) is 5.75 Å². The lowest BCUT2D eigenvalue weighted by Crippen LogP contribution is -2.05. The van der Waals surface area contributed by atoms with Gasteiger partial charge in [0.2, 0.25) is 0 Å². The molecular formula is C13H9BrFNO3. The number of rotatable bonds is 4. The van der Waals surface area contributed by atoms with Gasteiger partial charge in [-0.25, -0.2) is 14.2 Å². The number of ether oxygens (including phenoxy) is 1. The Kier molecular flexibility index (Phi) is 4.11. The number of aromatic nitrogens is 1. The number of hydrogen-bond donors (Lipinski definition) is 1. The third-order valence-electron chi connectivity index (χ3n) is 2.25. The van der Waals surface area contributed by atoms with E-state index >= 15 is 0 Å². The molecule has 1 heterocycles. The molecule has 0 aliphatic heterocycles. The normalized spacial score (nSPS) is 10.2. The minimum absolute atomic E-state index is 0.0541. The molecule has 0 saturated heterocycles. The number of halogens is 2. The van der Waals surface area contributed by atoms with E-state index < -0.39 is 11.8 Å². The van der Waals surface area contributed by atoms with E-state index in [0.29, 0.717) is 15.9 Å². The largest absolute Gasteiger partial charge is 0.487 e. The average molecular weight is 326 g/mol. The summed E-state index contributed by atoms with van der Waals surface area (Å²) < 4.78 is 19.0. The van der Waals surface area contributed by atoms with E-state index in [4.69, 9.17) is 9.84 Å². The van der Waals surface area contributed by atoms with Crippen LogP contribution in [0.3, 0.4) is 0 Å². The van der Waals surface area contributed by atoms with Crippen LogP contribution in [0, 0.1) is 5.82 Å². The number of carboxylic acids is 1. The highest BCUT2D eigenvalue weighted by Crippen LogP contribution is 2.21. The number of aromatic carboxylic acids is 1. The summed E-state index contributed by atoms with van der Waals surface area (Å²) in [6.45, 7) is 0.0665. The molecule has 0 fully saturated rings. The predicted molar refractivity (Wildman–Crippen MR) is 69.6 cm³/mol. The van der Waals surface area contributed by atoms with Gasteiger partial charge in [-0.2, -0.15) is 0 Å². The molecule has 2 rings (SSSR count). The van der Waals surface area contributed by atoms with Crippen LogP contribution in [0.2, 0.25) is 0 Å². The molecular weight excluding hydrogens is 317 g/mol. The van der Waals surface area contributed by atoms with Gasteiger partial charge in [-0.1, -0.05) is 22.0 Å². The lowest BCUT2D eigenvalue weighted by atomic mass is 10.3. The fraction of sp³-hybridized carbons (Fsp3) is 0.0769. The second-order valence-electron chi connectivity index (χ2n) is 3.71. The van der Waals surface area contributed by atoms with Gasteiger partial charge in [-0.15, -0.1) is 0 Å². The fourth-order valence-corrected chi connectivity index (χ4v) is 1.89. The van der Waals surface area contributed by atoms with E-state index in [0.717, 1.165) is 0 Å². The Hall–Kier alpha value is -1.95. The van der Waals surface area contributed by atoms with Gasteiger partial charge >= 0.3 is 5.97 Å². The second kappa shape index (κ2) is 5.79. The Balaban J connectivity index is 2.10. The molecule has 0 unspecified atom stereocenters. The number of carboxylic acid groups (broad SMARTS) is 1. The summed E-state index contributed by atoms with van der Waals surface area (Å²) in [6.07, 6.45) is 0. The van der Waals surface area contributed by atoms with E-state index in [1.54, 1.807) is 18.2 Å². The van der Waals surface area contributed by atoms with Crippen LogP contribution in [-0.4, -0.2) is 16.1 Å². The van der Waals surface area contributed by atoms with Crippen LogP contribution < -0.4 is 4.74 Å². The van der Waals surface area contributed by atoms with Crippen molar-refractivity contribution in [3.63, 3.8) is 0 Å². The zero-order valence-corrected chi connectivity index (χ0v) is 11.2. The van der Waals surface area contributed by atoms with E-state index in [2.05, 4.69) is 20.9 Å². The third kappa shape index (κ3) is 3.75. The summed E-state index contributed by atoms with van der Waals surface area (Å²) in [5.74, 6) is -1.18. The van der Waals surface area contributed by atoms with Crippen molar-refractivity contribution in [2.24, 2.45) is 0 Å². The van der Waals surface area contributed by atoms with Gasteiger partial charge in [0.25, 0.3) is 0 Å². The summed E-state index contributed by atoms with van der Waals surface area (Å²) in [5, 5.41) is 8.81. The molecule has 0 atom stereocenters. The summed E-state index contributed by atoms with van der Waals surface area (Å²) in [6, 6.07) is 8.79. The maximum Gasteiger partial charge on any atom is 0.354 e. The molecule has 0 aliphatic carbocycles. The molecule has 19 heavy (non-hydrogen) atoms. The first-order valence-electron chi connectivity index (χ1n) is 5.33. The van der Waals surface area contributed by atoms with Gasteiger partial charge in [0.15, 0.2) is 0 Å². The van der Waals surface area contributed by atoms with Crippen molar-refractivity contribution >= 4 is 21.9 Å². The third-order valence-corrected chi connectivity index (χ3v) is 2.71. The lowest BCUT2D eigenvalue weighted by Gasteiger charge is -2.07. The van der Waals surface area contributed by atoms with Crippen molar-refractivity contribution in [3.05, 3.63) is 58.1 Å². The molecule has 1 N–H and O–H groups in total. The monoisotopic (exact) mass is 325 g/mol. The molecule has 6 heteroatoms. The standard InChI is InChI=1S/C13H9BrFNO3/c14-8-4-9(15)6-11(5-8)19-7-10-2-1-3-12(16-10)13(17)18/h1-6H,7H2,(H,17,18). The molecule has 4 nitrogen and oxygen atoms in total. The fourth-order valence-electron chi connectivity index (χ4n) is 1.45. The minimum atomic E-state index is -1.10. The molecule has 0 aliphatic rings. The van der Waals surface area contributed by atoms with E-state index in [-0.39, 0.29) is 12.3 Å². The lowest BCUT2D eigenvalue weighted by molar-refractivity contribution is 0.0690. The highest BCUT2D eigenvalue weighted by Gasteiger charge is 2.06. The summed E-state index contributed by atoms with van der Waals surface area (Å²) in [7, 11) is 0. The Morgan fingerprint density at radius 3 is 2.84 bits per heavy atom.